The van der Waals surface area contributed by atoms with Gasteiger partial charge < -0.3 is 10.5 Å². The second kappa shape index (κ2) is 5.08. The van der Waals surface area contributed by atoms with Crippen molar-refractivity contribution in [2.75, 3.05) is 5.73 Å². The molecule has 1 aromatic heterocycles. The SMILES string of the molecule is Nc1cc(Oc2cc(Cl)c(Br)cc2Cl)ncn1. The molecule has 4 nitrogen and oxygen atoms in total. The Morgan fingerprint density at radius 3 is 2.59 bits per heavy atom. The van der Waals surface area contributed by atoms with Crippen LogP contribution in [-0.2, 0) is 0 Å². The molecule has 0 amide bonds. The van der Waals surface area contributed by atoms with Gasteiger partial charge in [-0.25, -0.2) is 9.97 Å². The molecule has 7 heteroatoms. The van der Waals surface area contributed by atoms with E-state index < -0.39 is 0 Å². The number of hydrogen-bond acceptors (Lipinski definition) is 4. The van der Waals surface area contributed by atoms with E-state index in [1.54, 1.807) is 12.1 Å². The molecule has 0 aliphatic carbocycles. The number of nitrogens with zero attached hydrogens (tertiary/aromatic N) is 2. The first kappa shape index (κ1) is 12.4. The van der Waals surface area contributed by atoms with E-state index >= 15 is 0 Å². The van der Waals surface area contributed by atoms with Crippen molar-refractivity contribution in [2.24, 2.45) is 0 Å². The fourth-order valence-corrected chi connectivity index (χ4v) is 1.94. The van der Waals surface area contributed by atoms with Crippen LogP contribution in [0.5, 0.6) is 11.6 Å². The van der Waals surface area contributed by atoms with E-state index in [2.05, 4.69) is 25.9 Å². The van der Waals surface area contributed by atoms with Gasteiger partial charge in [-0.1, -0.05) is 23.2 Å². The number of aromatic nitrogens is 2. The van der Waals surface area contributed by atoms with E-state index in [0.29, 0.717) is 32.0 Å². The first-order valence-corrected chi connectivity index (χ1v) is 6.01. The minimum atomic E-state index is 0.304. The maximum atomic E-state index is 6.00. The highest BCUT2D eigenvalue weighted by Crippen LogP contribution is 2.36. The van der Waals surface area contributed by atoms with Gasteiger partial charge in [0, 0.05) is 16.6 Å². The molecule has 0 bridgehead atoms. The Balaban J connectivity index is 2.33. The first-order chi connectivity index (χ1) is 8.06. The van der Waals surface area contributed by atoms with Crippen LogP contribution in [0.15, 0.2) is 29.0 Å². The maximum Gasteiger partial charge on any atom is 0.224 e. The monoisotopic (exact) mass is 333 g/mol. The van der Waals surface area contributed by atoms with E-state index in [-0.39, 0.29) is 0 Å². The van der Waals surface area contributed by atoms with Crippen molar-refractivity contribution in [1.82, 2.24) is 9.97 Å². The number of benzene rings is 1. The minimum absolute atomic E-state index is 0.304. The molecular weight excluding hydrogens is 329 g/mol. The number of nitrogens with two attached hydrogens (primary N) is 1. The summed E-state index contributed by atoms with van der Waals surface area (Å²) in [6.45, 7) is 0. The number of nitrogen functional groups attached to an aromatic ring is 1. The quantitative estimate of drug-likeness (QED) is 0.845. The van der Waals surface area contributed by atoms with E-state index in [0.717, 1.165) is 0 Å². The molecule has 2 N–H and O–H groups in total. The van der Waals surface area contributed by atoms with Gasteiger partial charge in [-0.15, -0.1) is 0 Å². The number of halogens is 3. The minimum Gasteiger partial charge on any atom is -0.437 e. The Labute approximate surface area is 116 Å². The van der Waals surface area contributed by atoms with Crippen molar-refractivity contribution in [3.63, 3.8) is 0 Å². The van der Waals surface area contributed by atoms with Crippen LogP contribution in [-0.4, -0.2) is 9.97 Å². The van der Waals surface area contributed by atoms with Crippen LogP contribution in [0.1, 0.15) is 0 Å². The Morgan fingerprint density at radius 1 is 1.12 bits per heavy atom. The van der Waals surface area contributed by atoms with Gasteiger partial charge in [0.25, 0.3) is 0 Å². The summed E-state index contributed by atoms with van der Waals surface area (Å²) < 4.78 is 6.15. The van der Waals surface area contributed by atoms with Crippen molar-refractivity contribution >= 4 is 44.9 Å². The number of rotatable bonds is 2. The van der Waals surface area contributed by atoms with Gasteiger partial charge >= 0.3 is 0 Å². The Hall–Kier alpha value is -1.04. The molecule has 0 saturated carbocycles. The predicted molar refractivity (Wildman–Crippen MR) is 70.7 cm³/mol. The second-order valence-corrected chi connectivity index (χ2v) is 4.75. The van der Waals surface area contributed by atoms with Crippen LogP contribution in [0, 0.1) is 0 Å². The molecule has 0 unspecified atom stereocenters. The van der Waals surface area contributed by atoms with Crippen molar-refractivity contribution in [2.45, 2.75) is 0 Å². The molecule has 88 valence electrons. The fourth-order valence-electron chi connectivity index (χ4n) is 1.10. The van der Waals surface area contributed by atoms with E-state index in [9.17, 15) is 0 Å². The molecule has 2 aromatic rings. The summed E-state index contributed by atoms with van der Waals surface area (Å²) in [5.74, 6) is 1.02. The molecule has 2 rings (SSSR count). The lowest BCUT2D eigenvalue weighted by atomic mass is 10.3. The van der Waals surface area contributed by atoms with Crippen LogP contribution >= 0.6 is 39.1 Å². The predicted octanol–water partition coefficient (Wildman–Crippen LogP) is 3.92. The summed E-state index contributed by atoms with van der Waals surface area (Å²) in [7, 11) is 0. The molecule has 0 fully saturated rings. The first-order valence-electron chi connectivity index (χ1n) is 4.46. The average molecular weight is 335 g/mol. The zero-order valence-electron chi connectivity index (χ0n) is 8.32. The topological polar surface area (TPSA) is 61.0 Å². The van der Waals surface area contributed by atoms with E-state index in [4.69, 9.17) is 33.7 Å². The highest BCUT2D eigenvalue weighted by molar-refractivity contribution is 9.10. The van der Waals surface area contributed by atoms with Gasteiger partial charge in [0.15, 0.2) is 0 Å². The van der Waals surface area contributed by atoms with Crippen molar-refractivity contribution in [1.29, 1.82) is 0 Å². The third kappa shape index (κ3) is 3.00. The summed E-state index contributed by atoms with van der Waals surface area (Å²) in [6.07, 6.45) is 1.30. The smallest absolute Gasteiger partial charge is 0.224 e. The standard InChI is InChI=1S/C10H6BrCl2N3O/c11-5-1-7(13)8(2-6(5)12)17-10-3-9(14)15-4-16-10/h1-4H,(H2,14,15,16). The van der Waals surface area contributed by atoms with Crippen LogP contribution in [0.3, 0.4) is 0 Å². The lowest BCUT2D eigenvalue weighted by Gasteiger charge is -2.08. The Morgan fingerprint density at radius 2 is 1.88 bits per heavy atom. The molecule has 0 spiro atoms. The second-order valence-electron chi connectivity index (χ2n) is 3.08. The van der Waals surface area contributed by atoms with Gasteiger partial charge in [-0.2, -0.15) is 0 Å². The lowest BCUT2D eigenvalue weighted by molar-refractivity contribution is 0.462. The van der Waals surface area contributed by atoms with Crippen LogP contribution in [0.25, 0.3) is 0 Å². The number of ether oxygens (including phenoxy) is 1. The summed E-state index contributed by atoms with van der Waals surface area (Å²) in [5.41, 5.74) is 5.51. The van der Waals surface area contributed by atoms with Gasteiger partial charge in [0.05, 0.1) is 10.0 Å². The third-order valence-electron chi connectivity index (χ3n) is 1.85. The molecule has 1 aromatic carbocycles. The summed E-state index contributed by atoms with van der Waals surface area (Å²) in [6, 6.07) is 4.72. The van der Waals surface area contributed by atoms with E-state index in [1.165, 1.54) is 12.4 Å². The number of anilines is 1. The van der Waals surface area contributed by atoms with Crippen LogP contribution in [0.4, 0.5) is 5.82 Å². The van der Waals surface area contributed by atoms with Crippen molar-refractivity contribution in [3.05, 3.63) is 39.0 Å². The highest BCUT2D eigenvalue weighted by atomic mass is 79.9. The van der Waals surface area contributed by atoms with Crippen LogP contribution < -0.4 is 10.5 Å². The molecular formula is C10H6BrCl2N3O. The normalized spacial score (nSPS) is 10.3. The maximum absolute atomic E-state index is 6.00. The largest absolute Gasteiger partial charge is 0.437 e. The van der Waals surface area contributed by atoms with Gasteiger partial charge in [0.2, 0.25) is 5.88 Å². The molecule has 0 aliphatic heterocycles. The molecule has 0 radical (unpaired) electrons. The zero-order chi connectivity index (χ0) is 12.4. The van der Waals surface area contributed by atoms with Gasteiger partial charge in [-0.05, 0) is 22.0 Å². The molecule has 0 atom stereocenters. The Kier molecular flexibility index (Phi) is 3.71. The fraction of sp³-hybridized carbons (Fsp3) is 0. The summed E-state index contributed by atoms with van der Waals surface area (Å²) >= 11 is 15.2. The molecule has 17 heavy (non-hydrogen) atoms. The zero-order valence-corrected chi connectivity index (χ0v) is 11.4. The highest BCUT2D eigenvalue weighted by Gasteiger charge is 2.08. The summed E-state index contributed by atoms with van der Waals surface area (Å²) in [4.78, 5) is 7.66. The summed E-state index contributed by atoms with van der Waals surface area (Å²) in [5, 5.41) is 0.907. The lowest BCUT2D eigenvalue weighted by Crippen LogP contribution is -1.94. The Bertz CT molecular complexity index is 565. The number of hydrogen-bond donors (Lipinski definition) is 1. The van der Waals surface area contributed by atoms with Crippen LogP contribution in [0.2, 0.25) is 10.0 Å². The average Bonchev–Trinajstić information content (AvgIpc) is 2.26. The molecule has 0 saturated heterocycles. The van der Waals surface area contributed by atoms with Crippen molar-refractivity contribution < 1.29 is 4.74 Å². The molecule has 0 aliphatic rings. The molecule has 1 heterocycles. The van der Waals surface area contributed by atoms with Crippen molar-refractivity contribution in [3.8, 4) is 11.6 Å². The third-order valence-corrected chi connectivity index (χ3v) is 3.34. The van der Waals surface area contributed by atoms with Gasteiger partial charge in [-0.3, -0.25) is 0 Å². The van der Waals surface area contributed by atoms with Gasteiger partial charge in [0.1, 0.15) is 17.9 Å². The van der Waals surface area contributed by atoms with E-state index in [1.807, 2.05) is 0 Å².